The highest BCUT2D eigenvalue weighted by Crippen LogP contribution is 2.13. The Morgan fingerprint density at radius 3 is 2.45 bits per heavy atom. The number of pyridine rings is 1. The van der Waals surface area contributed by atoms with Crippen molar-refractivity contribution in [3.05, 3.63) is 59.4 Å². The number of rotatable bonds is 6. The van der Waals surface area contributed by atoms with E-state index in [9.17, 15) is 13.2 Å². The van der Waals surface area contributed by atoms with E-state index in [-0.39, 0.29) is 29.6 Å². The molecule has 1 aromatic carbocycles. The molecule has 0 bridgehead atoms. The number of hydrogen-bond acceptors (Lipinski definition) is 4. The molecule has 22 heavy (non-hydrogen) atoms. The van der Waals surface area contributed by atoms with Crippen LogP contribution in [0, 0.1) is 0 Å². The highest BCUT2D eigenvalue weighted by Gasteiger charge is 2.13. The molecule has 0 aliphatic carbocycles. The van der Waals surface area contributed by atoms with Crippen LogP contribution in [-0.4, -0.2) is 32.4 Å². The van der Waals surface area contributed by atoms with Crippen molar-refractivity contribution in [2.45, 2.75) is 4.90 Å². The summed E-state index contributed by atoms with van der Waals surface area (Å²) in [4.78, 5) is 15.7. The smallest absolute Gasteiger partial charge is 0.269 e. The summed E-state index contributed by atoms with van der Waals surface area (Å²) in [7, 11) is -3.62. The zero-order valence-electron chi connectivity index (χ0n) is 11.5. The summed E-state index contributed by atoms with van der Waals surface area (Å²) in [6.45, 7) is 0.228. The third-order valence-corrected chi connectivity index (χ3v) is 4.45. The Morgan fingerprint density at radius 1 is 1.09 bits per heavy atom. The molecule has 0 saturated heterocycles. The SMILES string of the molecule is O=C(NCCNS(=O)(=O)c1ccc(Cl)cc1)c1ccccn1. The molecule has 6 nitrogen and oxygen atoms in total. The van der Waals surface area contributed by atoms with E-state index in [1.807, 2.05) is 0 Å². The fourth-order valence-corrected chi connectivity index (χ4v) is 2.80. The Labute approximate surface area is 133 Å². The molecule has 1 heterocycles. The van der Waals surface area contributed by atoms with Gasteiger partial charge >= 0.3 is 0 Å². The normalized spacial score (nSPS) is 11.1. The van der Waals surface area contributed by atoms with Gasteiger partial charge in [0.25, 0.3) is 5.91 Å². The van der Waals surface area contributed by atoms with Gasteiger partial charge in [-0.25, -0.2) is 13.1 Å². The summed E-state index contributed by atoms with van der Waals surface area (Å²) >= 11 is 5.71. The van der Waals surface area contributed by atoms with Crippen LogP contribution in [0.25, 0.3) is 0 Å². The fourth-order valence-electron chi connectivity index (χ4n) is 1.65. The quantitative estimate of drug-likeness (QED) is 0.779. The second-order valence-corrected chi connectivity index (χ2v) is 6.53. The number of carbonyl (C=O) groups excluding carboxylic acids is 1. The maximum absolute atomic E-state index is 12.0. The Balaban J connectivity index is 1.83. The lowest BCUT2D eigenvalue weighted by Crippen LogP contribution is -2.35. The van der Waals surface area contributed by atoms with Crippen molar-refractivity contribution in [1.29, 1.82) is 0 Å². The zero-order chi connectivity index (χ0) is 16.0. The molecule has 1 aromatic heterocycles. The molecule has 2 rings (SSSR count). The van der Waals surface area contributed by atoms with Gasteiger partial charge in [-0.15, -0.1) is 0 Å². The van der Waals surface area contributed by atoms with Crippen molar-refractivity contribution in [2.24, 2.45) is 0 Å². The Hall–Kier alpha value is -1.96. The molecule has 116 valence electrons. The predicted molar refractivity (Wildman–Crippen MR) is 83.2 cm³/mol. The average molecular weight is 340 g/mol. The van der Waals surface area contributed by atoms with Crippen LogP contribution in [0.3, 0.4) is 0 Å². The summed E-state index contributed by atoms with van der Waals surface area (Å²) in [6, 6.07) is 10.8. The molecule has 0 aliphatic heterocycles. The number of nitrogens with zero attached hydrogens (tertiary/aromatic N) is 1. The molecule has 0 unspecified atom stereocenters. The first kappa shape index (κ1) is 16.4. The zero-order valence-corrected chi connectivity index (χ0v) is 13.1. The van der Waals surface area contributed by atoms with Crippen molar-refractivity contribution in [3.8, 4) is 0 Å². The minimum Gasteiger partial charge on any atom is -0.349 e. The lowest BCUT2D eigenvalue weighted by Gasteiger charge is -2.08. The summed E-state index contributed by atoms with van der Waals surface area (Å²) < 4.78 is 26.4. The molecule has 2 N–H and O–H groups in total. The van der Waals surface area contributed by atoms with Crippen LogP contribution in [0.4, 0.5) is 0 Å². The van der Waals surface area contributed by atoms with Crippen LogP contribution in [0.5, 0.6) is 0 Å². The molecule has 0 spiro atoms. The van der Waals surface area contributed by atoms with Gasteiger partial charge in [0.1, 0.15) is 5.69 Å². The largest absolute Gasteiger partial charge is 0.349 e. The van der Waals surface area contributed by atoms with Crippen LogP contribution in [0.2, 0.25) is 5.02 Å². The number of halogens is 1. The number of benzene rings is 1. The van der Waals surface area contributed by atoms with Gasteiger partial charge in [-0.3, -0.25) is 9.78 Å². The molecule has 0 radical (unpaired) electrons. The maximum Gasteiger partial charge on any atom is 0.269 e. The number of hydrogen-bond donors (Lipinski definition) is 2. The van der Waals surface area contributed by atoms with Crippen LogP contribution >= 0.6 is 11.6 Å². The van der Waals surface area contributed by atoms with Crippen molar-refractivity contribution in [3.63, 3.8) is 0 Å². The number of aromatic nitrogens is 1. The van der Waals surface area contributed by atoms with E-state index in [0.717, 1.165) is 0 Å². The van der Waals surface area contributed by atoms with Gasteiger partial charge in [-0.1, -0.05) is 17.7 Å². The van der Waals surface area contributed by atoms with Crippen LogP contribution < -0.4 is 10.0 Å². The van der Waals surface area contributed by atoms with E-state index in [0.29, 0.717) is 5.02 Å². The van der Waals surface area contributed by atoms with Gasteiger partial charge < -0.3 is 5.32 Å². The minimum absolute atomic E-state index is 0.0729. The Bertz CT molecular complexity index is 734. The molecule has 2 aromatic rings. The predicted octanol–water partition coefficient (Wildman–Crippen LogP) is 1.44. The molecule has 0 aliphatic rings. The van der Waals surface area contributed by atoms with Crippen molar-refractivity contribution < 1.29 is 13.2 Å². The molecular weight excluding hydrogens is 326 g/mol. The first-order valence-electron chi connectivity index (χ1n) is 6.43. The fraction of sp³-hybridized carbons (Fsp3) is 0.143. The molecular formula is C14H14ClN3O3S. The Kier molecular flexibility index (Phi) is 5.48. The number of sulfonamides is 1. The van der Waals surface area contributed by atoms with Gasteiger partial charge in [-0.05, 0) is 36.4 Å². The second kappa shape index (κ2) is 7.35. The van der Waals surface area contributed by atoms with Crippen molar-refractivity contribution in [1.82, 2.24) is 15.0 Å². The van der Waals surface area contributed by atoms with Gasteiger partial charge in [0.05, 0.1) is 4.90 Å². The standard InChI is InChI=1S/C14H14ClN3O3S/c15-11-4-6-12(7-5-11)22(20,21)18-10-9-17-14(19)13-3-1-2-8-16-13/h1-8,18H,9-10H2,(H,17,19). The number of nitrogens with one attached hydrogen (secondary N) is 2. The average Bonchev–Trinajstić information content (AvgIpc) is 2.52. The van der Waals surface area contributed by atoms with Gasteiger partial charge in [0.2, 0.25) is 10.0 Å². The Morgan fingerprint density at radius 2 is 1.82 bits per heavy atom. The molecule has 0 atom stereocenters. The maximum atomic E-state index is 12.0. The van der Waals surface area contributed by atoms with Crippen molar-refractivity contribution in [2.75, 3.05) is 13.1 Å². The molecule has 8 heteroatoms. The highest BCUT2D eigenvalue weighted by atomic mass is 35.5. The van der Waals surface area contributed by atoms with E-state index >= 15 is 0 Å². The summed E-state index contributed by atoms with van der Waals surface area (Å²) in [5, 5.41) is 3.04. The van der Waals surface area contributed by atoms with E-state index in [1.54, 1.807) is 18.2 Å². The van der Waals surface area contributed by atoms with Gasteiger partial charge in [0.15, 0.2) is 0 Å². The lowest BCUT2D eigenvalue weighted by atomic mass is 10.3. The van der Waals surface area contributed by atoms with Crippen LogP contribution in [-0.2, 0) is 10.0 Å². The first-order chi connectivity index (χ1) is 10.5. The third kappa shape index (κ3) is 4.52. The number of carbonyl (C=O) groups is 1. The summed E-state index contributed by atoms with van der Waals surface area (Å²) in [6.07, 6.45) is 1.51. The molecule has 0 fully saturated rings. The lowest BCUT2D eigenvalue weighted by molar-refractivity contribution is 0.0949. The second-order valence-electron chi connectivity index (χ2n) is 4.32. The monoisotopic (exact) mass is 339 g/mol. The van der Waals surface area contributed by atoms with Gasteiger partial charge in [-0.2, -0.15) is 0 Å². The molecule has 0 saturated carbocycles. The van der Waals surface area contributed by atoms with Gasteiger partial charge in [0, 0.05) is 24.3 Å². The van der Waals surface area contributed by atoms with E-state index < -0.39 is 10.0 Å². The van der Waals surface area contributed by atoms with Crippen LogP contribution in [0.15, 0.2) is 53.6 Å². The summed E-state index contributed by atoms with van der Waals surface area (Å²) in [5.74, 6) is -0.355. The van der Waals surface area contributed by atoms with E-state index in [4.69, 9.17) is 11.6 Å². The van der Waals surface area contributed by atoms with E-state index in [1.165, 1.54) is 30.5 Å². The number of amides is 1. The highest BCUT2D eigenvalue weighted by molar-refractivity contribution is 7.89. The van der Waals surface area contributed by atoms with Crippen molar-refractivity contribution >= 4 is 27.5 Å². The first-order valence-corrected chi connectivity index (χ1v) is 8.29. The third-order valence-electron chi connectivity index (χ3n) is 2.72. The van der Waals surface area contributed by atoms with E-state index in [2.05, 4.69) is 15.0 Å². The van der Waals surface area contributed by atoms with Crippen LogP contribution in [0.1, 0.15) is 10.5 Å². The topological polar surface area (TPSA) is 88.2 Å². The molecule has 1 amide bonds. The summed E-state index contributed by atoms with van der Waals surface area (Å²) in [5.41, 5.74) is 0.281. The minimum atomic E-state index is -3.62.